The van der Waals surface area contributed by atoms with E-state index >= 15 is 0 Å². The molecule has 0 aliphatic rings. The van der Waals surface area contributed by atoms with E-state index in [1.807, 2.05) is 20.0 Å². The second kappa shape index (κ2) is 7.82. The van der Waals surface area contributed by atoms with Crippen LogP contribution in [-0.4, -0.2) is 4.98 Å². The van der Waals surface area contributed by atoms with Crippen molar-refractivity contribution in [3.05, 3.63) is 88.4 Å². The van der Waals surface area contributed by atoms with Crippen LogP contribution in [0, 0.1) is 20.8 Å². The summed E-state index contributed by atoms with van der Waals surface area (Å²) in [5, 5.41) is 3.40. The number of hydrogen-bond acceptors (Lipinski definition) is 3. The predicted molar refractivity (Wildman–Crippen MR) is 146 cm³/mol. The van der Waals surface area contributed by atoms with E-state index in [1.54, 1.807) is 11.3 Å². The first-order chi connectivity index (χ1) is 16.7. The van der Waals surface area contributed by atoms with Gasteiger partial charge in [-0.3, -0.25) is 4.98 Å². The minimum absolute atomic E-state index is 0.774. The third kappa shape index (κ3) is 3.19. The molecule has 0 saturated carbocycles. The van der Waals surface area contributed by atoms with E-state index in [-0.39, 0.29) is 0 Å². The molecule has 3 heterocycles. The van der Waals surface area contributed by atoms with E-state index in [2.05, 4.69) is 81.4 Å². The number of hydrogen-bond donors (Lipinski definition) is 0. The van der Waals surface area contributed by atoms with Gasteiger partial charge in [0.05, 0.1) is 5.69 Å². The molecule has 3 heteroatoms. The number of pyridine rings is 1. The molecule has 0 atom stereocenters. The molecule has 2 nitrogen and oxygen atoms in total. The highest BCUT2D eigenvalue weighted by atomic mass is 32.1. The molecule has 3 aromatic carbocycles. The third-order valence-corrected chi connectivity index (χ3v) is 7.77. The van der Waals surface area contributed by atoms with E-state index in [0.717, 1.165) is 44.3 Å². The van der Waals surface area contributed by atoms with Crippen molar-refractivity contribution >= 4 is 43.4 Å². The van der Waals surface area contributed by atoms with E-state index in [0.29, 0.717) is 0 Å². The van der Waals surface area contributed by atoms with Gasteiger partial charge in [-0.1, -0.05) is 44.2 Å². The third-order valence-electron chi connectivity index (χ3n) is 6.75. The molecule has 0 saturated heterocycles. The molecule has 0 spiro atoms. The van der Waals surface area contributed by atoms with Crippen molar-refractivity contribution in [3.63, 3.8) is 0 Å². The SMILES string of the molecule is [2H]C(C)(C)c1cnc(-c2cccc3c2oc2c4cc(C)sc4ccc32)cc1-c1c(C)cccc1C. The molecule has 0 fully saturated rings. The van der Waals surface area contributed by atoms with Crippen molar-refractivity contribution in [2.24, 2.45) is 0 Å². The largest absolute Gasteiger partial charge is 0.455 e. The lowest BCUT2D eigenvalue weighted by Gasteiger charge is -2.18. The summed E-state index contributed by atoms with van der Waals surface area (Å²) in [7, 11) is 0. The van der Waals surface area contributed by atoms with Gasteiger partial charge in [0.2, 0.25) is 0 Å². The van der Waals surface area contributed by atoms with Crippen LogP contribution in [0.3, 0.4) is 0 Å². The minimum Gasteiger partial charge on any atom is -0.455 e. The first kappa shape index (κ1) is 20.0. The molecule has 0 aliphatic carbocycles. The monoisotopic (exact) mass is 462 g/mol. The fourth-order valence-electron chi connectivity index (χ4n) is 5.15. The average molecular weight is 463 g/mol. The lowest BCUT2D eigenvalue weighted by atomic mass is 9.88. The van der Waals surface area contributed by atoms with Crippen molar-refractivity contribution in [1.29, 1.82) is 0 Å². The Morgan fingerprint density at radius 3 is 2.32 bits per heavy atom. The van der Waals surface area contributed by atoms with Crippen LogP contribution in [0.15, 0.2) is 71.3 Å². The molecule has 0 unspecified atom stereocenters. The topological polar surface area (TPSA) is 26.0 Å². The van der Waals surface area contributed by atoms with Crippen LogP contribution < -0.4 is 0 Å². The number of nitrogens with zero attached hydrogens (tertiary/aromatic N) is 1. The highest BCUT2D eigenvalue weighted by Gasteiger charge is 2.19. The fourth-order valence-corrected chi connectivity index (χ4v) is 6.07. The lowest BCUT2D eigenvalue weighted by molar-refractivity contribution is 0.673. The molecule has 6 aromatic rings. The van der Waals surface area contributed by atoms with Gasteiger partial charge < -0.3 is 4.42 Å². The predicted octanol–water partition coefficient (Wildman–Crippen LogP) is 9.58. The van der Waals surface area contributed by atoms with E-state index in [4.69, 9.17) is 10.8 Å². The molecular formula is C31H27NOS. The minimum atomic E-state index is -0.774. The molecule has 0 aliphatic heterocycles. The van der Waals surface area contributed by atoms with Crippen LogP contribution in [0.25, 0.3) is 54.4 Å². The number of aryl methyl sites for hydroxylation is 3. The van der Waals surface area contributed by atoms with Crippen LogP contribution in [0.5, 0.6) is 0 Å². The van der Waals surface area contributed by atoms with E-state index in [9.17, 15) is 0 Å². The Labute approximate surface area is 205 Å². The Hall–Kier alpha value is -3.43. The van der Waals surface area contributed by atoms with Crippen LogP contribution in [0.1, 0.15) is 42.7 Å². The summed E-state index contributed by atoms with van der Waals surface area (Å²) in [4.78, 5) is 6.15. The molecule has 168 valence electrons. The molecular weight excluding hydrogens is 434 g/mol. The van der Waals surface area contributed by atoms with Crippen molar-refractivity contribution < 1.29 is 5.79 Å². The summed E-state index contributed by atoms with van der Waals surface area (Å²) < 4.78 is 16.6. The second-order valence-corrected chi connectivity index (χ2v) is 10.7. The van der Waals surface area contributed by atoms with Crippen molar-refractivity contribution in [3.8, 4) is 22.4 Å². The zero-order chi connectivity index (χ0) is 24.5. The fraction of sp³-hybridized carbons (Fsp3) is 0.194. The molecule has 34 heavy (non-hydrogen) atoms. The van der Waals surface area contributed by atoms with E-state index in [1.165, 1.54) is 31.7 Å². The summed E-state index contributed by atoms with van der Waals surface area (Å²) in [5.74, 6) is -0.774. The molecule has 0 radical (unpaired) electrons. The number of rotatable bonds is 3. The molecule has 0 amide bonds. The summed E-state index contributed by atoms with van der Waals surface area (Å²) >= 11 is 1.79. The number of furan rings is 1. The van der Waals surface area contributed by atoms with Gasteiger partial charge >= 0.3 is 0 Å². The summed E-state index contributed by atoms with van der Waals surface area (Å²) in [6.07, 6.45) is 1.88. The molecule has 0 N–H and O–H groups in total. The lowest BCUT2D eigenvalue weighted by Crippen LogP contribution is -1.99. The number of fused-ring (bicyclic) bond motifs is 5. The van der Waals surface area contributed by atoms with Gasteiger partial charge in [0.25, 0.3) is 0 Å². The number of benzene rings is 3. The molecule has 6 rings (SSSR count). The van der Waals surface area contributed by atoms with Gasteiger partial charge in [-0.15, -0.1) is 11.3 Å². The molecule has 0 bridgehead atoms. The summed E-state index contributed by atoms with van der Waals surface area (Å²) in [6, 6.07) is 21.4. The van der Waals surface area contributed by atoms with Gasteiger partial charge in [-0.25, -0.2) is 0 Å². The van der Waals surface area contributed by atoms with Gasteiger partial charge in [-0.05, 0) is 84.8 Å². The van der Waals surface area contributed by atoms with Crippen molar-refractivity contribution in [2.75, 3.05) is 0 Å². The highest BCUT2D eigenvalue weighted by molar-refractivity contribution is 7.19. The summed E-state index contributed by atoms with van der Waals surface area (Å²) in [5.41, 5.74) is 9.19. The smallest absolute Gasteiger partial charge is 0.144 e. The van der Waals surface area contributed by atoms with Crippen LogP contribution in [-0.2, 0) is 0 Å². The summed E-state index contributed by atoms with van der Waals surface area (Å²) in [6.45, 7) is 10.3. The average Bonchev–Trinajstić information content (AvgIpc) is 3.37. The second-order valence-electron chi connectivity index (χ2n) is 9.38. The number of thiophene rings is 1. The Morgan fingerprint density at radius 2 is 1.56 bits per heavy atom. The van der Waals surface area contributed by atoms with Crippen molar-refractivity contribution in [1.82, 2.24) is 4.98 Å². The standard InChI is InChI=1S/C31H27NOS/c1-17(2)26-16-32-27(15-24(26)29-18(3)8-6-9-19(29)4)23-11-7-10-21-22-12-13-28-25(14-20(5)34-28)31(22)33-30(21)23/h6-17H,1-5H3/i17D. The van der Waals surface area contributed by atoms with Crippen LogP contribution in [0.4, 0.5) is 0 Å². The van der Waals surface area contributed by atoms with Gasteiger partial charge in [0, 0.05) is 38.9 Å². The van der Waals surface area contributed by atoms with Crippen LogP contribution >= 0.6 is 11.3 Å². The quantitative estimate of drug-likeness (QED) is 0.262. The first-order valence-electron chi connectivity index (χ1n) is 12.1. The Bertz CT molecular complexity index is 1750. The van der Waals surface area contributed by atoms with Gasteiger partial charge in [-0.2, -0.15) is 0 Å². The zero-order valence-corrected chi connectivity index (χ0v) is 20.9. The van der Waals surface area contributed by atoms with Gasteiger partial charge in [0.15, 0.2) is 0 Å². The first-order valence-corrected chi connectivity index (χ1v) is 12.5. The number of para-hydroxylation sites is 1. The normalized spacial score (nSPS) is 12.7. The van der Waals surface area contributed by atoms with Crippen molar-refractivity contribution in [2.45, 2.75) is 40.5 Å². The Kier molecular flexibility index (Phi) is 4.59. The van der Waals surface area contributed by atoms with E-state index < -0.39 is 5.89 Å². The maximum absolute atomic E-state index is 8.80. The maximum atomic E-state index is 8.80. The van der Waals surface area contributed by atoms with Gasteiger partial charge in [0.1, 0.15) is 11.2 Å². The van der Waals surface area contributed by atoms with Crippen LogP contribution in [0.2, 0.25) is 0 Å². The molecule has 3 aromatic heterocycles. The zero-order valence-electron chi connectivity index (χ0n) is 21.1. The maximum Gasteiger partial charge on any atom is 0.144 e. The Balaban J connectivity index is 1.65. The Morgan fingerprint density at radius 1 is 0.824 bits per heavy atom. The number of aromatic nitrogens is 1. The highest BCUT2D eigenvalue weighted by Crippen LogP contribution is 2.42.